The second-order valence-corrected chi connectivity index (χ2v) is 4.27. The van der Waals surface area contributed by atoms with Gasteiger partial charge in [0.05, 0.1) is 0 Å². The van der Waals surface area contributed by atoms with Crippen LogP contribution in [0.3, 0.4) is 0 Å². The Hall–Kier alpha value is -1.76. The quantitative estimate of drug-likeness (QED) is 0.754. The molecule has 1 aromatic heterocycles. The summed E-state index contributed by atoms with van der Waals surface area (Å²) < 4.78 is 9.05. The van der Waals surface area contributed by atoms with E-state index in [1.807, 2.05) is 0 Å². The van der Waals surface area contributed by atoms with Crippen LogP contribution in [0.4, 0.5) is 5.13 Å². The van der Waals surface area contributed by atoms with Crippen LogP contribution in [0, 0.1) is 0 Å². The zero-order valence-corrected chi connectivity index (χ0v) is 10.2. The van der Waals surface area contributed by atoms with E-state index in [2.05, 4.69) is 9.36 Å². The van der Waals surface area contributed by atoms with E-state index in [1.54, 1.807) is 13.8 Å². The zero-order valence-electron chi connectivity index (χ0n) is 9.41. The van der Waals surface area contributed by atoms with E-state index in [9.17, 15) is 9.59 Å². The van der Waals surface area contributed by atoms with E-state index in [0.29, 0.717) is 10.7 Å². The third-order valence-corrected chi connectivity index (χ3v) is 2.97. The number of amides is 1. The Morgan fingerprint density at radius 3 is 3.00 bits per heavy atom. The van der Waals surface area contributed by atoms with Crippen molar-refractivity contribution in [1.29, 1.82) is 0 Å². The van der Waals surface area contributed by atoms with E-state index < -0.39 is 6.23 Å². The molecule has 90 valence electrons. The maximum atomic E-state index is 11.8. The predicted octanol–water partition coefficient (Wildman–Crippen LogP) is 1.11. The van der Waals surface area contributed by atoms with E-state index >= 15 is 0 Å². The first-order valence-electron chi connectivity index (χ1n) is 5.11. The van der Waals surface area contributed by atoms with Gasteiger partial charge in [-0.05, 0) is 12.5 Å². The summed E-state index contributed by atoms with van der Waals surface area (Å²) in [5.74, 6) is -0.597. The number of rotatable bonds is 3. The van der Waals surface area contributed by atoms with E-state index in [4.69, 9.17) is 4.74 Å². The Morgan fingerprint density at radius 2 is 2.41 bits per heavy atom. The molecule has 1 unspecified atom stereocenters. The van der Waals surface area contributed by atoms with Gasteiger partial charge in [0.2, 0.25) is 11.4 Å². The first-order valence-corrected chi connectivity index (χ1v) is 5.88. The summed E-state index contributed by atoms with van der Waals surface area (Å²) in [5.41, 5.74) is 0.687. The standard InChI is InChI=1S/C10H11N3O3S/c1-3-8(15)16-9-6(2)4-7(14)13(9)10-11-5-12-17-10/h4-5,9H,3H2,1-2H3. The lowest BCUT2D eigenvalue weighted by atomic mass is 10.3. The molecule has 0 saturated heterocycles. The van der Waals surface area contributed by atoms with E-state index in [1.165, 1.54) is 17.3 Å². The Morgan fingerprint density at radius 1 is 1.65 bits per heavy atom. The lowest BCUT2D eigenvalue weighted by Gasteiger charge is -2.23. The fourth-order valence-electron chi connectivity index (χ4n) is 1.48. The third-order valence-electron chi connectivity index (χ3n) is 2.30. The average molecular weight is 253 g/mol. The summed E-state index contributed by atoms with van der Waals surface area (Å²) in [6.07, 6.45) is 2.37. The summed E-state index contributed by atoms with van der Waals surface area (Å²) in [7, 11) is 0. The first kappa shape index (κ1) is 11.7. The normalized spacial score (nSPS) is 19.4. The molecule has 17 heavy (non-hydrogen) atoms. The number of ether oxygens (including phenoxy) is 1. The van der Waals surface area contributed by atoms with Gasteiger partial charge in [0.25, 0.3) is 5.91 Å². The Kier molecular flexibility index (Phi) is 3.19. The second kappa shape index (κ2) is 4.62. The van der Waals surface area contributed by atoms with Crippen molar-refractivity contribution in [3.05, 3.63) is 18.0 Å². The lowest BCUT2D eigenvalue weighted by Crippen LogP contribution is -2.38. The number of aromatic nitrogens is 2. The fraction of sp³-hybridized carbons (Fsp3) is 0.400. The van der Waals surface area contributed by atoms with E-state index in [-0.39, 0.29) is 18.3 Å². The minimum Gasteiger partial charge on any atom is -0.437 e. The first-order chi connectivity index (χ1) is 8.13. The van der Waals surface area contributed by atoms with Crippen LogP contribution in [-0.4, -0.2) is 27.5 Å². The molecule has 0 spiro atoms. The molecule has 0 saturated carbocycles. The van der Waals surface area contributed by atoms with Crippen LogP contribution in [0.1, 0.15) is 20.3 Å². The molecular weight excluding hydrogens is 242 g/mol. The van der Waals surface area contributed by atoms with Crippen LogP contribution in [0.25, 0.3) is 0 Å². The molecule has 0 aliphatic carbocycles. The summed E-state index contributed by atoms with van der Waals surface area (Å²) in [5, 5.41) is 0.428. The maximum Gasteiger partial charge on any atom is 0.307 e. The Labute approximate surface area is 102 Å². The number of carbonyl (C=O) groups is 2. The summed E-state index contributed by atoms with van der Waals surface area (Å²) in [4.78, 5) is 28.4. The third kappa shape index (κ3) is 2.19. The largest absolute Gasteiger partial charge is 0.437 e. The molecule has 1 amide bonds. The highest BCUT2D eigenvalue weighted by Crippen LogP contribution is 2.28. The van der Waals surface area contributed by atoms with Crippen LogP contribution in [0.2, 0.25) is 0 Å². The van der Waals surface area contributed by atoms with Gasteiger partial charge in [-0.3, -0.25) is 9.59 Å². The Balaban J connectivity index is 2.24. The van der Waals surface area contributed by atoms with Gasteiger partial charge in [-0.25, -0.2) is 9.88 Å². The van der Waals surface area contributed by atoms with Crippen LogP contribution in [0.15, 0.2) is 18.0 Å². The molecule has 0 aromatic carbocycles. The number of hydrogen-bond donors (Lipinski definition) is 0. The van der Waals surface area contributed by atoms with Gasteiger partial charge in [0, 0.05) is 24.0 Å². The van der Waals surface area contributed by atoms with Gasteiger partial charge in [-0.1, -0.05) is 6.92 Å². The molecule has 0 bridgehead atoms. The van der Waals surface area contributed by atoms with Crippen LogP contribution in [-0.2, 0) is 14.3 Å². The van der Waals surface area contributed by atoms with Crippen molar-refractivity contribution in [3.63, 3.8) is 0 Å². The van der Waals surface area contributed by atoms with Crippen molar-refractivity contribution in [1.82, 2.24) is 9.36 Å². The van der Waals surface area contributed by atoms with Crippen molar-refractivity contribution in [3.8, 4) is 0 Å². The van der Waals surface area contributed by atoms with Crippen LogP contribution >= 0.6 is 11.5 Å². The molecule has 2 heterocycles. The SMILES string of the molecule is CCC(=O)OC1C(C)=CC(=O)N1c1ncns1. The smallest absolute Gasteiger partial charge is 0.307 e. The number of hydrogen-bond acceptors (Lipinski definition) is 6. The Bertz CT molecular complexity index is 469. The average Bonchev–Trinajstić information content (AvgIpc) is 2.88. The molecule has 1 aromatic rings. The van der Waals surface area contributed by atoms with Gasteiger partial charge < -0.3 is 4.74 Å². The highest BCUT2D eigenvalue weighted by atomic mass is 32.1. The number of carbonyl (C=O) groups excluding carboxylic acids is 2. The highest BCUT2D eigenvalue weighted by molar-refractivity contribution is 7.09. The van der Waals surface area contributed by atoms with Gasteiger partial charge >= 0.3 is 5.97 Å². The van der Waals surface area contributed by atoms with Gasteiger partial charge in [-0.2, -0.15) is 4.37 Å². The van der Waals surface area contributed by atoms with Crippen molar-refractivity contribution in [2.24, 2.45) is 0 Å². The van der Waals surface area contributed by atoms with Gasteiger partial charge in [0.15, 0.2) is 0 Å². The fourth-order valence-corrected chi connectivity index (χ4v) is 2.03. The van der Waals surface area contributed by atoms with Crippen molar-refractivity contribution >= 4 is 28.5 Å². The molecule has 2 rings (SSSR count). The minimum absolute atomic E-state index is 0.242. The molecule has 1 aliphatic heterocycles. The molecule has 6 nitrogen and oxygen atoms in total. The molecule has 1 aliphatic rings. The van der Waals surface area contributed by atoms with Crippen LogP contribution in [0.5, 0.6) is 0 Å². The second-order valence-electron chi connectivity index (χ2n) is 3.52. The lowest BCUT2D eigenvalue weighted by molar-refractivity contribution is -0.147. The van der Waals surface area contributed by atoms with Crippen molar-refractivity contribution < 1.29 is 14.3 Å². The summed E-state index contributed by atoms with van der Waals surface area (Å²) >= 11 is 1.08. The van der Waals surface area contributed by atoms with Gasteiger partial charge in [0.1, 0.15) is 6.33 Å². The highest BCUT2D eigenvalue weighted by Gasteiger charge is 2.36. The molecule has 0 radical (unpaired) electrons. The van der Waals surface area contributed by atoms with Crippen LogP contribution < -0.4 is 4.90 Å². The molecule has 0 fully saturated rings. The maximum absolute atomic E-state index is 11.8. The monoisotopic (exact) mass is 253 g/mol. The number of anilines is 1. The summed E-state index contributed by atoms with van der Waals surface area (Å²) in [6, 6.07) is 0. The molecule has 0 N–H and O–H groups in total. The topological polar surface area (TPSA) is 72.4 Å². The van der Waals surface area contributed by atoms with Crippen molar-refractivity contribution in [2.75, 3.05) is 4.90 Å². The predicted molar refractivity (Wildman–Crippen MR) is 61.3 cm³/mol. The molecule has 7 heteroatoms. The minimum atomic E-state index is -0.692. The molecular formula is C10H11N3O3S. The molecule has 1 atom stereocenters. The number of esters is 1. The van der Waals surface area contributed by atoms with E-state index in [0.717, 1.165) is 11.5 Å². The van der Waals surface area contributed by atoms with Gasteiger partial charge in [-0.15, -0.1) is 0 Å². The zero-order chi connectivity index (χ0) is 12.4. The van der Waals surface area contributed by atoms with Crippen molar-refractivity contribution in [2.45, 2.75) is 26.5 Å². The summed E-state index contributed by atoms with van der Waals surface area (Å²) in [6.45, 7) is 3.44. The number of nitrogens with zero attached hydrogens (tertiary/aromatic N) is 3.